The Kier molecular flexibility index (Phi) is 6.53. The van der Waals surface area contributed by atoms with E-state index in [1.807, 2.05) is 42.5 Å². The molecule has 5 nitrogen and oxygen atoms in total. The summed E-state index contributed by atoms with van der Waals surface area (Å²) in [4.78, 5) is 17.2. The Morgan fingerprint density at radius 1 is 0.968 bits per heavy atom. The Morgan fingerprint density at radius 2 is 1.68 bits per heavy atom. The van der Waals surface area contributed by atoms with Gasteiger partial charge in [0, 0.05) is 23.0 Å². The molecule has 1 heterocycles. The number of hydrogen-bond donors (Lipinski definition) is 2. The van der Waals surface area contributed by atoms with Gasteiger partial charge in [-0.3, -0.25) is 4.79 Å². The number of rotatable bonds is 6. The molecule has 0 aliphatic carbocycles. The van der Waals surface area contributed by atoms with Crippen molar-refractivity contribution in [1.29, 1.82) is 0 Å². The molecule has 1 aliphatic rings. The molecule has 5 heteroatoms. The number of carbonyl (C=O) groups is 1. The second kappa shape index (κ2) is 9.67. The molecule has 1 saturated heterocycles. The third kappa shape index (κ3) is 4.89. The summed E-state index contributed by atoms with van der Waals surface area (Å²) in [5, 5.41) is 3.11. The van der Waals surface area contributed by atoms with E-state index in [4.69, 9.17) is 4.74 Å². The molecule has 3 aromatic carbocycles. The summed E-state index contributed by atoms with van der Waals surface area (Å²) < 4.78 is 5.30. The molecule has 1 fully saturated rings. The highest BCUT2D eigenvalue weighted by Gasteiger charge is 2.34. The Hall–Kier alpha value is -3.31. The average Bonchev–Trinajstić information content (AvgIpc) is 2.81. The van der Waals surface area contributed by atoms with Crippen LogP contribution in [-0.2, 0) is 4.79 Å². The smallest absolute Gasteiger partial charge is 0.287 e. The molecule has 3 aromatic rings. The first-order valence-electron chi connectivity index (χ1n) is 10.8. The summed E-state index contributed by atoms with van der Waals surface area (Å²) in [7, 11) is 1.63. The minimum atomic E-state index is -0.258. The minimum Gasteiger partial charge on any atom is -0.497 e. The number of methoxy groups -OCH3 is 1. The van der Waals surface area contributed by atoms with Gasteiger partial charge in [0.1, 0.15) is 5.75 Å². The molecular weight excluding hydrogens is 386 g/mol. The van der Waals surface area contributed by atoms with Crippen LogP contribution in [0.1, 0.15) is 17.2 Å². The molecule has 0 radical (unpaired) electrons. The van der Waals surface area contributed by atoms with Crippen LogP contribution >= 0.6 is 0 Å². The summed E-state index contributed by atoms with van der Waals surface area (Å²) in [6, 6.07) is 25.9. The minimum absolute atomic E-state index is 0.0128. The van der Waals surface area contributed by atoms with Crippen LogP contribution in [0.25, 0.3) is 0 Å². The van der Waals surface area contributed by atoms with Gasteiger partial charge in [0.15, 0.2) is 6.04 Å². The number of carbonyl (C=O) groups excluding carboxylic acids is 1. The van der Waals surface area contributed by atoms with E-state index < -0.39 is 0 Å². The van der Waals surface area contributed by atoms with Crippen molar-refractivity contribution in [2.75, 3.05) is 43.5 Å². The van der Waals surface area contributed by atoms with Crippen molar-refractivity contribution in [1.82, 2.24) is 0 Å². The van der Waals surface area contributed by atoms with Crippen LogP contribution in [0.4, 0.5) is 11.4 Å². The van der Waals surface area contributed by atoms with Crippen LogP contribution in [-0.4, -0.2) is 39.2 Å². The van der Waals surface area contributed by atoms with Crippen molar-refractivity contribution in [2.45, 2.75) is 13.0 Å². The summed E-state index contributed by atoms with van der Waals surface area (Å²) in [6.45, 7) is 5.81. The zero-order chi connectivity index (χ0) is 21.6. The van der Waals surface area contributed by atoms with Crippen molar-refractivity contribution in [3.05, 3.63) is 90.0 Å². The van der Waals surface area contributed by atoms with Crippen LogP contribution in [0.5, 0.6) is 5.75 Å². The fourth-order valence-corrected chi connectivity index (χ4v) is 4.37. The van der Waals surface area contributed by atoms with Gasteiger partial charge in [0.05, 0.1) is 33.3 Å². The number of nitrogens with one attached hydrogen (secondary N) is 2. The molecule has 0 aromatic heterocycles. The quantitative estimate of drug-likeness (QED) is 0.649. The highest BCUT2D eigenvalue weighted by molar-refractivity contribution is 5.94. The number of benzene rings is 3. The Balaban J connectivity index is 1.52. The highest BCUT2D eigenvalue weighted by atomic mass is 16.5. The van der Waals surface area contributed by atoms with Crippen LogP contribution < -0.4 is 19.9 Å². The summed E-state index contributed by atoms with van der Waals surface area (Å²) in [5.74, 6) is 0.743. The van der Waals surface area contributed by atoms with Crippen molar-refractivity contribution < 1.29 is 14.4 Å². The average molecular weight is 417 g/mol. The fraction of sp³-hybridized carbons (Fsp3) is 0.269. The molecule has 1 amide bonds. The van der Waals surface area contributed by atoms with Crippen molar-refractivity contribution in [3.63, 3.8) is 0 Å². The third-order valence-electron chi connectivity index (χ3n) is 6.00. The van der Waals surface area contributed by atoms with Gasteiger partial charge in [-0.25, -0.2) is 0 Å². The van der Waals surface area contributed by atoms with Gasteiger partial charge in [-0.05, 0) is 30.7 Å². The Bertz CT molecular complexity index is 1010. The van der Waals surface area contributed by atoms with Gasteiger partial charge in [0.25, 0.3) is 5.91 Å². The number of amides is 1. The van der Waals surface area contributed by atoms with Gasteiger partial charge >= 0.3 is 0 Å². The molecule has 4 rings (SSSR count). The van der Waals surface area contributed by atoms with E-state index in [0.29, 0.717) is 0 Å². The normalized spacial score (nSPS) is 15.4. The number of piperazine rings is 1. The van der Waals surface area contributed by atoms with Crippen LogP contribution in [0.2, 0.25) is 0 Å². The number of ether oxygens (including phenoxy) is 1. The van der Waals surface area contributed by atoms with E-state index in [-0.39, 0.29) is 11.9 Å². The predicted molar refractivity (Wildman–Crippen MR) is 125 cm³/mol. The number of hydrogen-bond acceptors (Lipinski definition) is 3. The second-order valence-corrected chi connectivity index (χ2v) is 8.00. The van der Waals surface area contributed by atoms with Crippen LogP contribution in [0.15, 0.2) is 78.9 Å². The van der Waals surface area contributed by atoms with E-state index in [1.165, 1.54) is 16.2 Å². The van der Waals surface area contributed by atoms with Gasteiger partial charge < -0.3 is 19.9 Å². The van der Waals surface area contributed by atoms with E-state index in [9.17, 15) is 4.79 Å². The number of quaternary nitrogens is 1. The summed E-state index contributed by atoms with van der Waals surface area (Å²) in [6.07, 6.45) is 0. The highest BCUT2D eigenvalue weighted by Crippen LogP contribution is 2.21. The van der Waals surface area contributed by atoms with Crippen LogP contribution in [0.3, 0.4) is 0 Å². The monoisotopic (exact) mass is 416 g/mol. The lowest BCUT2D eigenvalue weighted by molar-refractivity contribution is -0.922. The fourth-order valence-electron chi connectivity index (χ4n) is 4.37. The molecule has 0 spiro atoms. The van der Waals surface area contributed by atoms with Gasteiger partial charge in [-0.1, -0.05) is 54.6 Å². The zero-order valence-corrected chi connectivity index (χ0v) is 18.2. The standard InChI is InChI=1S/C26H29N3O2/c1-20-9-6-7-14-24(20)28-15-17-29(18-16-28)25(21-10-4-3-5-11-21)26(30)27-22-12-8-13-23(19-22)31-2/h3-14,19,25H,15-18H2,1-2H3,(H,27,30)/p+1/t25-/m0/s1. The lowest BCUT2D eigenvalue weighted by Gasteiger charge is -2.37. The van der Waals surface area contributed by atoms with Crippen molar-refractivity contribution in [2.24, 2.45) is 0 Å². The molecular formula is C26H30N3O2+. The third-order valence-corrected chi connectivity index (χ3v) is 6.00. The first-order chi connectivity index (χ1) is 15.2. The van der Waals surface area contributed by atoms with Gasteiger partial charge in [-0.2, -0.15) is 0 Å². The first-order valence-corrected chi connectivity index (χ1v) is 10.8. The molecule has 2 N–H and O–H groups in total. The molecule has 1 aliphatic heterocycles. The largest absolute Gasteiger partial charge is 0.497 e. The van der Waals surface area contributed by atoms with E-state index in [2.05, 4.69) is 53.5 Å². The maximum atomic E-state index is 13.4. The molecule has 0 bridgehead atoms. The predicted octanol–water partition coefficient (Wildman–Crippen LogP) is 3.09. The van der Waals surface area contributed by atoms with E-state index in [1.54, 1.807) is 7.11 Å². The molecule has 1 atom stereocenters. The number of para-hydroxylation sites is 1. The summed E-state index contributed by atoms with van der Waals surface area (Å²) >= 11 is 0. The maximum absolute atomic E-state index is 13.4. The Morgan fingerprint density at radius 3 is 2.39 bits per heavy atom. The second-order valence-electron chi connectivity index (χ2n) is 8.00. The van der Waals surface area contributed by atoms with E-state index >= 15 is 0 Å². The molecule has 31 heavy (non-hydrogen) atoms. The molecule has 0 saturated carbocycles. The summed E-state index contributed by atoms with van der Waals surface area (Å²) in [5.41, 5.74) is 4.38. The first kappa shape index (κ1) is 20.9. The molecule has 0 unspecified atom stereocenters. The number of nitrogens with zero attached hydrogens (tertiary/aromatic N) is 1. The molecule has 160 valence electrons. The lowest BCUT2D eigenvalue weighted by Crippen LogP contribution is -3.16. The van der Waals surface area contributed by atoms with Gasteiger partial charge in [-0.15, -0.1) is 0 Å². The number of aryl methyl sites for hydroxylation is 1. The van der Waals surface area contributed by atoms with Crippen molar-refractivity contribution >= 4 is 17.3 Å². The number of anilines is 2. The maximum Gasteiger partial charge on any atom is 0.287 e. The topological polar surface area (TPSA) is 46.0 Å². The van der Waals surface area contributed by atoms with Gasteiger partial charge in [0.2, 0.25) is 0 Å². The lowest BCUT2D eigenvalue weighted by atomic mass is 10.0. The Labute approximate surface area is 184 Å². The van der Waals surface area contributed by atoms with Crippen LogP contribution in [0, 0.1) is 6.92 Å². The SMILES string of the molecule is COc1cccc(NC(=O)[C@H](c2ccccc2)[NH+]2CCN(c3ccccc3C)CC2)c1. The van der Waals surface area contributed by atoms with Crippen molar-refractivity contribution in [3.8, 4) is 5.75 Å². The van der Waals surface area contributed by atoms with E-state index in [0.717, 1.165) is 43.2 Å². The zero-order valence-electron chi connectivity index (χ0n) is 18.2.